The Hall–Kier alpha value is -0.700. The van der Waals surface area contributed by atoms with Crippen molar-refractivity contribution in [3.8, 4) is 0 Å². The average Bonchev–Trinajstić information content (AvgIpc) is 1.98. The van der Waals surface area contributed by atoms with E-state index in [0.717, 1.165) is 0 Å². The van der Waals surface area contributed by atoms with Crippen LogP contribution in [-0.2, 0) is 0 Å². The van der Waals surface area contributed by atoms with E-state index in [9.17, 15) is 43.9 Å². The van der Waals surface area contributed by atoms with Crippen molar-refractivity contribution in [1.29, 1.82) is 0 Å². The highest BCUT2D eigenvalue weighted by atomic mass is 19.4. The van der Waals surface area contributed by atoms with Gasteiger partial charge in [0.15, 0.2) is 5.67 Å². The Balaban J connectivity index is 5.73. The molecule has 17 heavy (non-hydrogen) atoms. The lowest BCUT2D eigenvalue weighted by atomic mass is 9.92. The lowest BCUT2D eigenvalue weighted by Crippen LogP contribution is -2.66. The van der Waals surface area contributed by atoms with Crippen molar-refractivity contribution in [3.05, 3.63) is 0 Å². The first-order valence-electron chi connectivity index (χ1n) is 3.89. The maximum atomic E-state index is 12.7. The number of rotatable bonds is 3. The summed E-state index contributed by atoms with van der Waals surface area (Å²) in [4.78, 5) is 0. The molecule has 0 unspecified atom stereocenters. The Bertz CT molecular complexity index is 252. The van der Waals surface area contributed by atoms with Crippen molar-refractivity contribution in [2.24, 2.45) is 0 Å². The van der Waals surface area contributed by atoms with Crippen molar-refractivity contribution in [3.63, 3.8) is 0 Å². The van der Waals surface area contributed by atoms with Gasteiger partial charge in [0.1, 0.15) is 0 Å². The van der Waals surface area contributed by atoms with Crippen molar-refractivity contribution >= 4 is 0 Å². The topological polar surface area (TPSA) is 0 Å². The second kappa shape index (κ2) is 3.64. The summed E-state index contributed by atoms with van der Waals surface area (Å²) in [5, 5.41) is 0. The van der Waals surface area contributed by atoms with E-state index in [1.165, 1.54) is 0 Å². The normalized spacial score (nSPS) is 16.2. The Morgan fingerprint density at radius 1 is 0.471 bits per heavy atom. The third-order valence-corrected chi connectivity index (χ3v) is 1.89. The van der Waals surface area contributed by atoms with Gasteiger partial charge in [0, 0.05) is 0 Å². The zero-order chi connectivity index (χ0) is 14.5. The van der Waals surface area contributed by atoms with Gasteiger partial charge in [0.05, 0.1) is 0 Å². The summed E-state index contributed by atoms with van der Waals surface area (Å²) in [5.74, 6) is -20.2. The van der Waals surface area contributed by atoms with Crippen LogP contribution in [-0.4, -0.2) is 29.6 Å². The molecule has 0 spiro atoms. The molecule has 0 rings (SSSR count). The summed E-state index contributed by atoms with van der Waals surface area (Å²) in [5.41, 5.74) is -4.26. The molecule has 0 saturated carbocycles. The lowest BCUT2D eigenvalue weighted by Gasteiger charge is -2.37. The van der Waals surface area contributed by atoms with E-state index in [4.69, 9.17) is 0 Å². The van der Waals surface area contributed by atoms with Crippen LogP contribution < -0.4 is 0 Å². The van der Waals surface area contributed by atoms with Crippen LogP contribution in [0.4, 0.5) is 43.9 Å². The Morgan fingerprint density at radius 2 is 0.765 bits per heavy atom. The summed E-state index contributed by atoms with van der Waals surface area (Å²) in [7, 11) is 0. The first-order chi connectivity index (χ1) is 7.00. The van der Waals surface area contributed by atoms with E-state index >= 15 is 0 Å². The van der Waals surface area contributed by atoms with Crippen LogP contribution in [0.1, 0.15) is 13.8 Å². The highest BCUT2D eigenvalue weighted by Crippen LogP contribution is 2.56. The van der Waals surface area contributed by atoms with Crippen LogP contribution in [0.2, 0.25) is 0 Å². The van der Waals surface area contributed by atoms with Gasteiger partial charge in [-0.3, -0.25) is 0 Å². The SMILES string of the molecule is CC(C)(F)C(F)(F)C(F)(F)C(F)(F)C(F)(F)F. The van der Waals surface area contributed by atoms with Crippen LogP contribution in [0.15, 0.2) is 0 Å². The maximum absolute atomic E-state index is 12.7. The zero-order valence-corrected chi connectivity index (χ0v) is 8.28. The number of alkyl halides is 10. The van der Waals surface area contributed by atoms with Crippen molar-refractivity contribution in [2.45, 2.75) is 43.5 Å². The molecule has 0 saturated heterocycles. The van der Waals surface area contributed by atoms with E-state index in [2.05, 4.69) is 0 Å². The van der Waals surface area contributed by atoms with Gasteiger partial charge in [-0.05, 0) is 13.8 Å². The fourth-order valence-corrected chi connectivity index (χ4v) is 0.749. The lowest BCUT2D eigenvalue weighted by molar-refractivity contribution is -0.409. The van der Waals surface area contributed by atoms with Crippen LogP contribution in [0, 0.1) is 0 Å². The van der Waals surface area contributed by atoms with Gasteiger partial charge in [-0.25, -0.2) is 4.39 Å². The molecule has 0 atom stereocenters. The molecule has 0 aliphatic rings. The standard InChI is InChI=1S/C7H6F10/c1-3(2,8)4(9,10)5(11,12)6(13,14)7(15,16)17/h1-2H3. The monoisotopic (exact) mass is 280 g/mol. The number of hydrogen-bond donors (Lipinski definition) is 0. The van der Waals surface area contributed by atoms with Gasteiger partial charge in [-0.1, -0.05) is 0 Å². The summed E-state index contributed by atoms with van der Waals surface area (Å²) in [6.07, 6.45) is -6.93. The van der Waals surface area contributed by atoms with Gasteiger partial charge in [-0.2, -0.15) is 39.5 Å². The predicted octanol–water partition coefficient (Wildman–Crippen LogP) is 4.20. The molecule has 104 valence electrons. The average molecular weight is 280 g/mol. The third-order valence-electron chi connectivity index (χ3n) is 1.89. The van der Waals surface area contributed by atoms with E-state index in [0.29, 0.717) is 0 Å². The minimum absolute atomic E-state index is 0.229. The summed E-state index contributed by atoms with van der Waals surface area (Å²) in [6, 6.07) is 0. The van der Waals surface area contributed by atoms with E-state index in [1.54, 1.807) is 0 Å². The van der Waals surface area contributed by atoms with Gasteiger partial charge in [0.25, 0.3) is 0 Å². The molecular weight excluding hydrogens is 274 g/mol. The maximum Gasteiger partial charge on any atom is 0.460 e. The zero-order valence-electron chi connectivity index (χ0n) is 8.28. The van der Waals surface area contributed by atoms with E-state index in [1.807, 2.05) is 0 Å². The van der Waals surface area contributed by atoms with Gasteiger partial charge in [0.2, 0.25) is 0 Å². The molecule has 0 amide bonds. The molecule has 0 bridgehead atoms. The Labute approximate surface area is 88.6 Å². The highest BCUT2D eigenvalue weighted by Gasteiger charge is 2.84. The minimum atomic E-state index is -7.05. The van der Waals surface area contributed by atoms with Crippen LogP contribution >= 0.6 is 0 Å². The molecule has 0 fully saturated rings. The van der Waals surface area contributed by atoms with Crippen molar-refractivity contribution < 1.29 is 43.9 Å². The molecular formula is C7H6F10. The Morgan fingerprint density at radius 3 is 0.941 bits per heavy atom. The highest BCUT2D eigenvalue weighted by molar-refractivity contribution is 5.06. The summed E-state index contributed by atoms with van der Waals surface area (Å²) < 4.78 is 122. The quantitative estimate of drug-likeness (QED) is 0.679. The summed E-state index contributed by atoms with van der Waals surface area (Å²) >= 11 is 0. The Kier molecular flexibility index (Phi) is 3.49. The molecule has 0 aromatic carbocycles. The molecule has 0 aliphatic heterocycles. The smallest absolute Gasteiger partial charge is 0.238 e. The van der Waals surface area contributed by atoms with Crippen LogP contribution in [0.5, 0.6) is 0 Å². The first-order valence-corrected chi connectivity index (χ1v) is 3.89. The molecule has 0 N–H and O–H groups in total. The fraction of sp³-hybridized carbons (Fsp3) is 1.00. The fourth-order valence-electron chi connectivity index (χ4n) is 0.749. The van der Waals surface area contributed by atoms with Gasteiger partial charge in [-0.15, -0.1) is 0 Å². The summed E-state index contributed by atoms with van der Waals surface area (Å²) in [6.45, 7) is -0.458. The number of halogens is 10. The molecule has 0 aromatic rings. The molecule has 0 aliphatic carbocycles. The van der Waals surface area contributed by atoms with Crippen LogP contribution in [0.25, 0.3) is 0 Å². The van der Waals surface area contributed by atoms with Gasteiger partial charge < -0.3 is 0 Å². The second-order valence-corrected chi connectivity index (χ2v) is 3.69. The molecule has 10 heteroatoms. The first kappa shape index (κ1) is 16.3. The molecule has 0 radical (unpaired) electrons. The largest absolute Gasteiger partial charge is 0.460 e. The van der Waals surface area contributed by atoms with Crippen LogP contribution in [0.3, 0.4) is 0 Å². The van der Waals surface area contributed by atoms with Crippen molar-refractivity contribution in [2.75, 3.05) is 0 Å². The van der Waals surface area contributed by atoms with E-state index < -0.39 is 29.6 Å². The predicted molar refractivity (Wildman–Crippen MR) is 36.1 cm³/mol. The second-order valence-electron chi connectivity index (χ2n) is 3.69. The van der Waals surface area contributed by atoms with Gasteiger partial charge >= 0.3 is 23.9 Å². The molecule has 0 nitrogen and oxygen atoms in total. The third kappa shape index (κ3) is 2.17. The minimum Gasteiger partial charge on any atom is -0.238 e. The molecule has 0 aromatic heterocycles. The molecule has 0 heterocycles. The van der Waals surface area contributed by atoms with Crippen molar-refractivity contribution in [1.82, 2.24) is 0 Å². The van der Waals surface area contributed by atoms with E-state index in [-0.39, 0.29) is 13.8 Å². The number of hydrogen-bond acceptors (Lipinski definition) is 0.